The van der Waals surface area contributed by atoms with E-state index in [1.165, 1.54) is 0 Å². The molecule has 0 atom stereocenters. The van der Waals surface area contributed by atoms with E-state index in [9.17, 15) is 9.59 Å². The first-order chi connectivity index (χ1) is 12.6. The number of anilines is 1. The zero-order chi connectivity index (χ0) is 18.4. The van der Waals surface area contributed by atoms with Crippen LogP contribution in [0.2, 0.25) is 0 Å². The van der Waals surface area contributed by atoms with E-state index < -0.39 is 0 Å². The smallest absolute Gasteiger partial charge is 0.321 e. The lowest BCUT2D eigenvalue weighted by molar-refractivity contribution is -0.132. The molecule has 0 radical (unpaired) electrons. The van der Waals surface area contributed by atoms with E-state index in [2.05, 4.69) is 15.5 Å². The van der Waals surface area contributed by atoms with Gasteiger partial charge in [0.05, 0.1) is 0 Å². The average molecular weight is 359 g/mol. The minimum absolute atomic E-state index is 0.0489. The molecule has 0 saturated carbocycles. The Morgan fingerprint density at radius 2 is 1.77 bits per heavy atom. The zero-order valence-corrected chi connectivity index (χ0v) is 15.5. The number of amides is 3. The molecule has 0 bridgehead atoms. The van der Waals surface area contributed by atoms with Gasteiger partial charge < -0.3 is 20.4 Å². The Morgan fingerprint density at radius 3 is 2.46 bits per heavy atom. The highest BCUT2D eigenvalue weighted by Gasteiger charge is 2.22. The van der Waals surface area contributed by atoms with Crippen LogP contribution in [0.1, 0.15) is 12.0 Å². The van der Waals surface area contributed by atoms with Crippen LogP contribution in [0.15, 0.2) is 24.3 Å². The molecule has 2 fully saturated rings. The van der Waals surface area contributed by atoms with Gasteiger partial charge in [0.15, 0.2) is 0 Å². The van der Waals surface area contributed by atoms with Gasteiger partial charge in [-0.25, -0.2) is 4.79 Å². The summed E-state index contributed by atoms with van der Waals surface area (Å²) in [6.07, 6.45) is 0.565. The maximum absolute atomic E-state index is 12.4. The van der Waals surface area contributed by atoms with Gasteiger partial charge in [-0.15, -0.1) is 0 Å². The van der Waals surface area contributed by atoms with Crippen molar-refractivity contribution in [1.82, 2.24) is 20.0 Å². The molecular weight excluding hydrogens is 330 g/mol. The highest BCUT2D eigenvalue weighted by atomic mass is 16.2. The van der Waals surface area contributed by atoms with Crippen LogP contribution in [0.5, 0.6) is 0 Å². The molecule has 3 amide bonds. The van der Waals surface area contributed by atoms with Crippen LogP contribution >= 0.6 is 0 Å². The molecule has 0 aromatic heterocycles. The third-order valence-electron chi connectivity index (χ3n) is 5.04. The zero-order valence-electron chi connectivity index (χ0n) is 15.5. The molecule has 0 aliphatic carbocycles. The second-order valence-electron chi connectivity index (χ2n) is 7.01. The molecule has 0 unspecified atom stereocenters. The number of benzene rings is 1. The number of hydrogen-bond acceptors (Lipinski definition) is 4. The first kappa shape index (κ1) is 18.7. The van der Waals surface area contributed by atoms with E-state index in [4.69, 9.17) is 0 Å². The summed E-state index contributed by atoms with van der Waals surface area (Å²) in [4.78, 5) is 30.7. The van der Waals surface area contributed by atoms with Gasteiger partial charge in [-0.05, 0) is 24.6 Å². The van der Waals surface area contributed by atoms with Crippen LogP contribution in [-0.2, 0) is 4.79 Å². The van der Waals surface area contributed by atoms with Crippen LogP contribution in [0.4, 0.5) is 10.5 Å². The SMILES string of the molecule is Cc1cccc(NC(=O)N2CCN(CCC(=O)N3CCNCC3)CC2)c1. The van der Waals surface area contributed by atoms with Crippen LogP contribution in [-0.4, -0.2) is 85.5 Å². The topological polar surface area (TPSA) is 67.9 Å². The summed E-state index contributed by atoms with van der Waals surface area (Å²) in [5.74, 6) is 0.242. The molecule has 2 N–H and O–H groups in total. The van der Waals surface area contributed by atoms with Crippen molar-refractivity contribution in [3.63, 3.8) is 0 Å². The monoisotopic (exact) mass is 359 g/mol. The van der Waals surface area contributed by atoms with Gasteiger partial charge in [0.2, 0.25) is 5.91 Å². The molecule has 26 heavy (non-hydrogen) atoms. The van der Waals surface area contributed by atoms with Crippen molar-refractivity contribution in [1.29, 1.82) is 0 Å². The highest BCUT2D eigenvalue weighted by Crippen LogP contribution is 2.12. The number of hydrogen-bond donors (Lipinski definition) is 2. The average Bonchev–Trinajstić information content (AvgIpc) is 2.67. The number of nitrogens with one attached hydrogen (secondary N) is 2. The number of piperazine rings is 2. The van der Waals surface area contributed by atoms with E-state index in [0.29, 0.717) is 19.5 Å². The van der Waals surface area contributed by atoms with Gasteiger partial charge in [-0.1, -0.05) is 12.1 Å². The van der Waals surface area contributed by atoms with E-state index in [1.54, 1.807) is 0 Å². The molecule has 3 rings (SSSR count). The van der Waals surface area contributed by atoms with Crippen molar-refractivity contribution in [2.24, 2.45) is 0 Å². The first-order valence-corrected chi connectivity index (χ1v) is 9.45. The van der Waals surface area contributed by atoms with E-state index in [0.717, 1.165) is 57.1 Å². The number of carbonyl (C=O) groups excluding carboxylic acids is 2. The summed E-state index contributed by atoms with van der Waals surface area (Å²) in [5, 5.41) is 6.23. The van der Waals surface area contributed by atoms with Gasteiger partial charge in [-0.2, -0.15) is 0 Å². The molecular formula is C19H29N5O2. The first-order valence-electron chi connectivity index (χ1n) is 9.45. The molecule has 0 spiro atoms. The van der Waals surface area contributed by atoms with Gasteiger partial charge in [-0.3, -0.25) is 9.69 Å². The van der Waals surface area contributed by atoms with Crippen molar-refractivity contribution in [2.45, 2.75) is 13.3 Å². The molecule has 1 aromatic rings. The Hall–Kier alpha value is -2.12. The van der Waals surface area contributed by atoms with Crippen LogP contribution in [0.3, 0.4) is 0 Å². The number of aryl methyl sites for hydroxylation is 1. The predicted molar refractivity (Wildman–Crippen MR) is 102 cm³/mol. The lowest BCUT2D eigenvalue weighted by Crippen LogP contribution is -2.51. The summed E-state index contributed by atoms with van der Waals surface area (Å²) in [6.45, 7) is 9.20. The van der Waals surface area contributed by atoms with Crippen molar-refractivity contribution >= 4 is 17.6 Å². The van der Waals surface area contributed by atoms with Crippen molar-refractivity contribution < 1.29 is 9.59 Å². The molecule has 2 aliphatic heterocycles. The number of urea groups is 1. The second kappa shape index (κ2) is 9.00. The molecule has 1 aromatic carbocycles. The van der Waals surface area contributed by atoms with Crippen LogP contribution in [0.25, 0.3) is 0 Å². The fraction of sp³-hybridized carbons (Fsp3) is 0.579. The molecule has 2 aliphatic rings. The summed E-state index contributed by atoms with van der Waals surface area (Å²) in [7, 11) is 0. The van der Waals surface area contributed by atoms with Gasteiger partial charge in [0.25, 0.3) is 0 Å². The Balaban J connectivity index is 1.38. The Morgan fingerprint density at radius 1 is 1.04 bits per heavy atom. The third-order valence-corrected chi connectivity index (χ3v) is 5.04. The number of rotatable bonds is 4. The van der Waals surface area contributed by atoms with E-state index >= 15 is 0 Å². The molecule has 7 heteroatoms. The molecule has 2 heterocycles. The van der Waals surface area contributed by atoms with Gasteiger partial charge in [0.1, 0.15) is 0 Å². The van der Waals surface area contributed by atoms with Gasteiger partial charge >= 0.3 is 6.03 Å². The Labute approximate surface area is 155 Å². The maximum atomic E-state index is 12.4. The summed E-state index contributed by atoms with van der Waals surface area (Å²) >= 11 is 0. The standard InChI is InChI=1S/C19H29N5O2/c1-16-3-2-4-17(15-16)21-19(26)24-13-11-22(12-14-24)8-5-18(25)23-9-6-20-7-10-23/h2-4,15,20H,5-14H2,1H3,(H,21,26). The molecule has 142 valence electrons. The fourth-order valence-electron chi connectivity index (χ4n) is 3.43. The molecule has 2 saturated heterocycles. The Bertz CT molecular complexity index is 622. The largest absolute Gasteiger partial charge is 0.340 e. The lowest BCUT2D eigenvalue weighted by atomic mass is 10.2. The quantitative estimate of drug-likeness (QED) is 0.841. The van der Waals surface area contributed by atoms with Crippen LogP contribution in [0, 0.1) is 6.92 Å². The predicted octanol–water partition coefficient (Wildman–Crippen LogP) is 0.966. The summed E-state index contributed by atoms with van der Waals surface area (Å²) in [5.41, 5.74) is 1.96. The van der Waals surface area contributed by atoms with Crippen molar-refractivity contribution in [3.8, 4) is 0 Å². The van der Waals surface area contributed by atoms with Crippen LogP contribution < -0.4 is 10.6 Å². The van der Waals surface area contributed by atoms with Crippen molar-refractivity contribution in [3.05, 3.63) is 29.8 Å². The minimum Gasteiger partial charge on any atom is -0.340 e. The van der Waals surface area contributed by atoms with Gasteiger partial charge in [0, 0.05) is 71.0 Å². The minimum atomic E-state index is -0.0489. The summed E-state index contributed by atoms with van der Waals surface area (Å²) in [6, 6.07) is 7.78. The summed E-state index contributed by atoms with van der Waals surface area (Å²) < 4.78 is 0. The normalized spacial score (nSPS) is 18.7. The maximum Gasteiger partial charge on any atom is 0.321 e. The Kier molecular flexibility index (Phi) is 6.46. The van der Waals surface area contributed by atoms with Crippen molar-refractivity contribution in [2.75, 3.05) is 64.2 Å². The lowest BCUT2D eigenvalue weighted by Gasteiger charge is -2.35. The number of nitrogens with zero attached hydrogens (tertiary/aromatic N) is 3. The second-order valence-corrected chi connectivity index (χ2v) is 7.01. The van der Waals surface area contributed by atoms with E-state index in [-0.39, 0.29) is 11.9 Å². The van der Waals surface area contributed by atoms with E-state index in [1.807, 2.05) is 41.0 Å². The highest BCUT2D eigenvalue weighted by molar-refractivity contribution is 5.89. The number of carbonyl (C=O) groups is 2. The fourth-order valence-corrected chi connectivity index (χ4v) is 3.43. The third kappa shape index (κ3) is 5.19. The molecule has 7 nitrogen and oxygen atoms in total.